The molecule has 0 spiro atoms. The first-order chi connectivity index (χ1) is 8.57. The number of hydrogen-bond donors (Lipinski definition) is 2. The molecule has 0 bridgehead atoms. The van der Waals surface area contributed by atoms with E-state index in [0.29, 0.717) is 12.0 Å². The third-order valence-electron chi connectivity index (χ3n) is 2.76. The van der Waals surface area contributed by atoms with Gasteiger partial charge in [0.25, 0.3) is 0 Å². The Morgan fingerprint density at radius 1 is 1.22 bits per heavy atom. The van der Waals surface area contributed by atoms with E-state index in [2.05, 4.69) is 0 Å². The van der Waals surface area contributed by atoms with E-state index >= 15 is 0 Å². The number of hydrogen-bond acceptors (Lipinski definition) is 3. The summed E-state index contributed by atoms with van der Waals surface area (Å²) in [5, 5.41) is 0. The van der Waals surface area contributed by atoms with Crippen molar-refractivity contribution in [3.63, 3.8) is 0 Å². The van der Waals surface area contributed by atoms with Crippen LogP contribution in [0.5, 0.6) is 0 Å². The van der Waals surface area contributed by atoms with Gasteiger partial charge in [0.1, 0.15) is 0 Å². The second-order valence-corrected chi connectivity index (χ2v) is 4.42. The molecular formula is C15H16N2O. The first-order valence-corrected chi connectivity index (χ1v) is 5.81. The summed E-state index contributed by atoms with van der Waals surface area (Å²) >= 11 is 0. The number of ketones is 1. The van der Waals surface area contributed by atoms with Crippen LogP contribution in [0, 0.1) is 0 Å². The molecule has 3 heteroatoms. The van der Waals surface area contributed by atoms with Gasteiger partial charge < -0.3 is 11.5 Å². The molecule has 3 nitrogen and oxygen atoms in total. The third kappa shape index (κ3) is 3.26. The van der Waals surface area contributed by atoms with Crippen molar-refractivity contribution in [1.82, 2.24) is 0 Å². The fourth-order valence-corrected chi connectivity index (χ4v) is 1.68. The summed E-state index contributed by atoms with van der Waals surface area (Å²) in [4.78, 5) is 11.8. The number of carbonyl (C=O) groups is 1. The summed E-state index contributed by atoms with van der Waals surface area (Å²) in [5.74, 6) is -0.0118. The van der Waals surface area contributed by atoms with Crippen LogP contribution >= 0.6 is 0 Å². The van der Waals surface area contributed by atoms with Crippen LogP contribution in [-0.4, -0.2) is 11.4 Å². The zero-order valence-corrected chi connectivity index (χ0v) is 10.0. The van der Waals surface area contributed by atoms with Crippen molar-refractivity contribution in [2.24, 2.45) is 11.5 Å². The minimum Gasteiger partial charge on any atom is -0.310 e. The van der Waals surface area contributed by atoms with Gasteiger partial charge in [-0.15, -0.1) is 0 Å². The first kappa shape index (κ1) is 12.5. The quantitative estimate of drug-likeness (QED) is 0.482. The molecule has 1 aromatic rings. The Hall–Kier alpha value is -1.97. The van der Waals surface area contributed by atoms with E-state index in [1.165, 1.54) is 0 Å². The molecule has 2 rings (SSSR count). The molecule has 0 aliphatic heterocycles. The second-order valence-electron chi connectivity index (χ2n) is 4.42. The van der Waals surface area contributed by atoms with Crippen LogP contribution in [0.25, 0.3) is 0 Å². The van der Waals surface area contributed by atoms with Crippen molar-refractivity contribution in [2.75, 3.05) is 0 Å². The maximum absolute atomic E-state index is 11.8. The standard InChI is InChI=1S/C15H16N2O/c16-15(17)10-8-12(9-11-15)6-7-14(18)13-4-2-1-3-5-13/h1-10H,11,16-17H2. The highest BCUT2D eigenvalue weighted by Gasteiger charge is 2.15. The van der Waals surface area contributed by atoms with Crippen molar-refractivity contribution >= 4 is 5.78 Å². The van der Waals surface area contributed by atoms with Crippen LogP contribution in [-0.2, 0) is 0 Å². The number of carbonyl (C=O) groups excluding carboxylic acids is 1. The Morgan fingerprint density at radius 3 is 2.56 bits per heavy atom. The Kier molecular flexibility index (Phi) is 3.55. The largest absolute Gasteiger partial charge is 0.310 e. The van der Waals surface area contributed by atoms with Crippen molar-refractivity contribution in [3.05, 3.63) is 71.8 Å². The summed E-state index contributed by atoms with van der Waals surface area (Å²) in [7, 11) is 0. The molecule has 0 fully saturated rings. The van der Waals surface area contributed by atoms with Gasteiger partial charge in [-0.25, -0.2) is 0 Å². The van der Waals surface area contributed by atoms with Gasteiger partial charge in [0.15, 0.2) is 5.78 Å². The van der Waals surface area contributed by atoms with E-state index in [4.69, 9.17) is 11.5 Å². The Morgan fingerprint density at radius 2 is 1.94 bits per heavy atom. The summed E-state index contributed by atoms with van der Waals surface area (Å²) in [6.07, 6.45) is 9.42. The molecule has 0 amide bonds. The number of allylic oxidation sites excluding steroid dienone is 4. The van der Waals surface area contributed by atoms with Crippen molar-refractivity contribution in [3.8, 4) is 0 Å². The summed E-state index contributed by atoms with van der Waals surface area (Å²) in [6.45, 7) is 0. The van der Waals surface area contributed by atoms with Crippen molar-refractivity contribution < 1.29 is 4.79 Å². The Labute approximate surface area is 106 Å². The van der Waals surface area contributed by atoms with E-state index in [0.717, 1.165) is 5.57 Å². The van der Waals surface area contributed by atoms with E-state index in [1.807, 2.05) is 30.4 Å². The molecule has 0 saturated heterocycles. The molecule has 18 heavy (non-hydrogen) atoms. The summed E-state index contributed by atoms with van der Waals surface area (Å²) < 4.78 is 0. The Bertz CT molecular complexity index is 525. The summed E-state index contributed by atoms with van der Waals surface area (Å²) in [6, 6.07) is 9.16. The normalized spacial score (nSPS) is 17.8. The Balaban J connectivity index is 2.03. The lowest BCUT2D eigenvalue weighted by Crippen LogP contribution is -2.47. The third-order valence-corrected chi connectivity index (χ3v) is 2.76. The van der Waals surface area contributed by atoms with E-state index in [9.17, 15) is 4.79 Å². The highest BCUT2D eigenvalue weighted by Crippen LogP contribution is 2.15. The molecule has 92 valence electrons. The molecule has 0 unspecified atom stereocenters. The van der Waals surface area contributed by atoms with Gasteiger partial charge in [0.05, 0.1) is 5.66 Å². The van der Waals surface area contributed by atoms with Gasteiger partial charge >= 0.3 is 0 Å². The highest BCUT2D eigenvalue weighted by molar-refractivity contribution is 6.04. The van der Waals surface area contributed by atoms with Gasteiger partial charge in [0.2, 0.25) is 0 Å². The molecule has 1 aliphatic carbocycles. The molecule has 0 aromatic heterocycles. The van der Waals surface area contributed by atoms with E-state index in [1.54, 1.807) is 30.4 Å². The van der Waals surface area contributed by atoms with Gasteiger partial charge in [-0.2, -0.15) is 0 Å². The van der Waals surface area contributed by atoms with Crippen LogP contribution < -0.4 is 11.5 Å². The topological polar surface area (TPSA) is 69.1 Å². The summed E-state index contributed by atoms with van der Waals surface area (Å²) in [5.41, 5.74) is 12.4. The fourth-order valence-electron chi connectivity index (χ4n) is 1.68. The average molecular weight is 240 g/mol. The fraction of sp³-hybridized carbons (Fsp3) is 0.133. The maximum Gasteiger partial charge on any atom is 0.185 e. The maximum atomic E-state index is 11.8. The second kappa shape index (κ2) is 5.12. The van der Waals surface area contributed by atoms with Crippen molar-refractivity contribution in [2.45, 2.75) is 12.1 Å². The minimum atomic E-state index is -0.763. The van der Waals surface area contributed by atoms with Crippen molar-refractivity contribution in [1.29, 1.82) is 0 Å². The molecule has 0 radical (unpaired) electrons. The molecule has 0 saturated carbocycles. The molecule has 0 atom stereocenters. The van der Waals surface area contributed by atoms with Gasteiger partial charge in [0, 0.05) is 12.0 Å². The zero-order valence-electron chi connectivity index (χ0n) is 10.0. The molecule has 0 heterocycles. The van der Waals surface area contributed by atoms with Gasteiger partial charge in [-0.3, -0.25) is 4.79 Å². The lowest BCUT2D eigenvalue weighted by atomic mass is 9.98. The van der Waals surface area contributed by atoms with E-state index in [-0.39, 0.29) is 5.78 Å². The SMILES string of the molecule is NC1(N)C=CC(C=CC(=O)c2ccccc2)=CC1. The van der Waals surface area contributed by atoms with Crippen LogP contribution in [0.2, 0.25) is 0 Å². The smallest absolute Gasteiger partial charge is 0.185 e. The van der Waals surface area contributed by atoms with Crippen LogP contribution in [0.15, 0.2) is 66.3 Å². The predicted molar refractivity (Wildman–Crippen MR) is 72.9 cm³/mol. The molecule has 1 aromatic carbocycles. The zero-order chi connectivity index (χ0) is 13.0. The lowest BCUT2D eigenvalue weighted by molar-refractivity contribution is 0.104. The monoisotopic (exact) mass is 240 g/mol. The lowest BCUT2D eigenvalue weighted by Gasteiger charge is -2.21. The van der Waals surface area contributed by atoms with Gasteiger partial charge in [-0.1, -0.05) is 48.6 Å². The number of rotatable bonds is 3. The van der Waals surface area contributed by atoms with E-state index < -0.39 is 5.66 Å². The number of benzene rings is 1. The first-order valence-electron chi connectivity index (χ1n) is 5.81. The van der Waals surface area contributed by atoms with Gasteiger partial charge in [-0.05, 0) is 17.7 Å². The predicted octanol–water partition coefficient (Wildman–Crippen LogP) is 1.93. The minimum absolute atomic E-state index is 0.0118. The van der Waals surface area contributed by atoms with Crippen LogP contribution in [0.3, 0.4) is 0 Å². The van der Waals surface area contributed by atoms with Crippen LogP contribution in [0.1, 0.15) is 16.8 Å². The molecule has 4 N–H and O–H groups in total. The molecular weight excluding hydrogens is 224 g/mol. The average Bonchev–Trinajstić information content (AvgIpc) is 2.38. The van der Waals surface area contributed by atoms with Crippen LogP contribution in [0.4, 0.5) is 0 Å². The number of nitrogens with two attached hydrogens (primary N) is 2. The highest BCUT2D eigenvalue weighted by atomic mass is 16.1. The molecule has 1 aliphatic rings.